The van der Waals surface area contributed by atoms with E-state index >= 15 is 0 Å². The van der Waals surface area contributed by atoms with Crippen molar-refractivity contribution in [3.63, 3.8) is 0 Å². The van der Waals surface area contributed by atoms with Crippen molar-refractivity contribution in [1.29, 1.82) is 0 Å². The predicted molar refractivity (Wildman–Crippen MR) is 91.6 cm³/mol. The number of nitrogens with one attached hydrogen (secondary N) is 1. The average Bonchev–Trinajstić information content (AvgIpc) is 2.49. The van der Waals surface area contributed by atoms with E-state index in [-0.39, 0.29) is 0 Å². The van der Waals surface area contributed by atoms with Crippen LogP contribution in [0.15, 0.2) is 42.5 Å². The first kappa shape index (κ1) is 14.6. The van der Waals surface area contributed by atoms with Crippen LogP contribution in [0.5, 0.6) is 0 Å². The van der Waals surface area contributed by atoms with Gasteiger partial charge in [-0.3, -0.25) is 0 Å². The second kappa shape index (κ2) is 7.09. The summed E-state index contributed by atoms with van der Waals surface area (Å²) < 4.78 is 0. The first-order valence-electron chi connectivity index (χ1n) is 8.58. The van der Waals surface area contributed by atoms with E-state index in [0.29, 0.717) is 12.1 Å². The van der Waals surface area contributed by atoms with E-state index in [4.69, 9.17) is 0 Å². The lowest BCUT2D eigenvalue weighted by Gasteiger charge is -2.25. The third kappa shape index (κ3) is 3.85. The van der Waals surface area contributed by atoms with Crippen LogP contribution in [0.4, 0.5) is 0 Å². The van der Waals surface area contributed by atoms with E-state index < -0.39 is 0 Å². The van der Waals surface area contributed by atoms with E-state index in [1.165, 1.54) is 61.3 Å². The molecule has 0 radical (unpaired) electrons. The zero-order valence-corrected chi connectivity index (χ0v) is 13.1. The van der Waals surface area contributed by atoms with Gasteiger partial charge in [0.15, 0.2) is 0 Å². The highest BCUT2D eigenvalue weighted by Crippen LogP contribution is 2.23. The van der Waals surface area contributed by atoms with Crippen LogP contribution in [0.1, 0.15) is 63.5 Å². The maximum absolute atomic E-state index is 3.87. The summed E-state index contributed by atoms with van der Waals surface area (Å²) in [4.78, 5) is 0. The third-order valence-electron chi connectivity index (χ3n) is 4.86. The Bertz CT molecular complexity index is 567. The van der Waals surface area contributed by atoms with Gasteiger partial charge in [-0.15, -0.1) is 0 Å². The van der Waals surface area contributed by atoms with Gasteiger partial charge in [-0.1, -0.05) is 68.5 Å². The third-order valence-corrected chi connectivity index (χ3v) is 4.86. The van der Waals surface area contributed by atoms with E-state index in [0.717, 1.165) is 0 Å². The fourth-order valence-electron chi connectivity index (χ4n) is 3.55. The summed E-state index contributed by atoms with van der Waals surface area (Å²) in [6.45, 7) is 2.31. The fraction of sp³-hybridized carbons (Fsp3) is 0.500. The van der Waals surface area contributed by atoms with Gasteiger partial charge in [0.25, 0.3) is 0 Å². The van der Waals surface area contributed by atoms with Gasteiger partial charge in [-0.25, -0.2) is 0 Å². The molecule has 1 saturated carbocycles. The summed E-state index contributed by atoms with van der Waals surface area (Å²) in [6.07, 6.45) is 9.75. The summed E-state index contributed by atoms with van der Waals surface area (Å²) in [6, 6.07) is 16.6. The Morgan fingerprint density at radius 2 is 1.52 bits per heavy atom. The molecule has 21 heavy (non-hydrogen) atoms. The lowest BCUT2D eigenvalue weighted by molar-refractivity contribution is 0.363. The molecule has 0 aromatic heterocycles. The summed E-state index contributed by atoms with van der Waals surface area (Å²) >= 11 is 0. The molecule has 1 unspecified atom stereocenters. The molecule has 3 rings (SSSR count). The maximum Gasteiger partial charge on any atom is 0.0294 e. The van der Waals surface area contributed by atoms with Crippen LogP contribution in [0.25, 0.3) is 10.8 Å². The topological polar surface area (TPSA) is 12.0 Å². The standard InChI is InChI=1S/C20H27N/c1-16(21-20-11-5-3-2-4-6-12-20)18-14-13-17-9-7-8-10-19(17)15-18/h7-10,13-16,20-21H,2-6,11-12H2,1H3. The van der Waals surface area contributed by atoms with E-state index in [9.17, 15) is 0 Å². The van der Waals surface area contributed by atoms with E-state index in [1.807, 2.05) is 0 Å². The fourth-order valence-corrected chi connectivity index (χ4v) is 3.55. The Morgan fingerprint density at radius 1 is 0.857 bits per heavy atom. The lowest BCUT2D eigenvalue weighted by Crippen LogP contribution is -2.32. The molecule has 0 spiro atoms. The van der Waals surface area contributed by atoms with Gasteiger partial charge in [0.2, 0.25) is 0 Å². The molecule has 2 aromatic rings. The molecule has 2 aromatic carbocycles. The van der Waals surface area contributed by atoms with Gasteiger partial charge < -0.3 is 5.32 Å². The maximum atomic E-state index is 3.87. The zero-order valence-electron chi connectivity index (χ0n) is 13.1. The molecule has 0 saturated heterocycles. The van der Waals surface area contributed by atoms with Gasteiger partial charge in [0.05, 0.1) is 0 Å². The van der Waals surface area contributed by atoms with Crippen molar-refractivity contribution in [3.05, 3.63) is 48.0 Å². The van der Waals surface area contributed by atoms with Crippen LogP contribution in [-0.2, 0) is 0 Å². The van der Waals surface area contributed by atoms with Gasteiger partial charge in [0.1, 0.15) is 0 Å². The lowest BCUT2D eigenvalue weighted by atomic mass is 9.95. The molecular weight excluding hydrogens is 254 g/mol. The van der Waals surface area contributed by atoms with Gasteiger partial charge in [-0.2, -0.15) is 0 Å². The molecule has 112 valence electrons. The Kier molecular flexibility index (Phi) is 4.92. The van der Waals surface area contributed by atoms with Crippen molar-refractivity contribution in [1.82, 2.24) is 5.32 Å². The van der Waals surface area contributed by atoms with Crippen molar-refractivity contribution in [3.8, 4) is 0 Å². The van der Waals surface area contributed by atoms with Crippen LogP contribution in [-0.4, -0.2) is 6.04 Å². The average molecular weight is 281 g/mol. The molecule has 1 N–H and O–H groups in total. The zero-order chi connectivity index (χ0) is 14.5. The number of hydrogen-bond acceptors (Lipinski definition) is 1. The summed E-state index contributed by atoms with van der Waals surface area (Å²) in [5.74, 6) is 0. The first-order valence-corrected chi connectivity index (χ1v) is 8.58. The molecule has 1 nitrogen and oxygen atoms in total. The minimum atomic E-state index is 0.444. The van der Waals surface area contributed by atoms with Gasteiger partial charge >= 0.3 is 0 Å². The Balaban J connectivity index is 1.69. The molecule has 0 heterocycles. The highest BCUT2D eigenvalue weighted by Gasteiger charge is 2.15. The summed E-state index contributed by atoms with van der Waals surface area (Å²) in [5, 5.41) is 6.55. The molecule has 1 aliphatic rings. The Morgan fingerprint density at radius 3 is 2.29 bits per heavy atom. The van der Waals surface area contributed by atoms with Crippen LogP contribution >= 0.6 is 0 Å². The molecule has 0 aliphatic heterocycles. The Labute approximate surface area is 128 Å². The predicted octanol–water partition coefficient (Wildman–Crippen LogP) is 5.60. The van der Waals surface area contributed by atoms with Crippen molar-refractivity contribution in [2.24, 2.45) is 0 Å². The number of benzene rings is 2. The summed E-state index contributed by atoms with van der Waals surface area (Å²) in [7, 11) is 0. The van der Waals surface area contributed by atoms with Crippen LogP contribution in [0.2, 0.25) is 0 Å². The molecule has 1 atom stereocenters. The molecule has 1 aliphatic carbocycles. The van der Waals surface area contributed by atoms with E-state index in [1.54, 1.807) is 0 Å². The summed E-state index contributed by atoms with van der Waals surface area (Å²) in [5.41, 5.74) is 1.41. The van der Waals surface area contributed by atoms with Crippen LogP contribution < -0.4 is 5.32 Å². The van der Waals surface area contributed by atoms with Crippen LogP contribution in [0, 0.1) is 0 Å². The Hall–Kier alpha value is -1.34. The monoisotopic (exact) mass is 281 g/mol. The van der Waals surface area contributed by atoms with E-state index in [2.05, 4.69) is 54.7 Å². The minimum Gasteiger partial charge on any atom is -0.307 e. The molecular formula is C20H27N. The van der Waals surface area contributed by atoms with Crippen molar-refractivity contribution >= 4 is 10.8 Å². The minimum absolute atomic E-state index is 0.444. The number of rotatable bonds is 3. The van der Waals surface area contributed by atoms with Crippen molar-refractivity contribution in [2.75, 3.05) is 0 Å². The highest BCUT2D eigenvalue weighted by atomic mass is 14.9. The van der Waals surface area contributed by atoms with Crippen molar-refractivity contribution in [2.45, 2.75) is 64.0 Å². The van der Waals surface area contributed by atoms with Gasteiger partial charge in [0, 0.05) is 12.1 Å². The highest BCUT2D eigenvalue weighted by molar-refractivity contribution is 5.83. The second-order valence-electron chi connectivity index (χ2n) is 6.54. The molecule has 1 fully saturated rings. The smallest absolute Gasteiger partial charge is 0.0294 e. The van der Waals surface area contributed by atoms with Crippen molar-refractivity contribution < 1.29 is 0 Å². The molecule has 1 heteroatoms. The van der Waals surface area contributed by atoms with Crippen LogP contribution in [0.3, 0.4) is 0 Å². The van der Waals surface area contributed by atoms with Gasteiger partial charge in [-0.05, 0) is 42.2 Å². The first-order chi connectivity index (χ1) is 10.3. The second-order valence-corrected chi connectivity index (χ2v) is 6.54. The number of hydrogen-bond donors (Lipinski definition) is 1. The quantitative estimate of drug-likeness (QED) is 0.771. The molecule has 0 bridgehead atoms. The SMILES string of the molecule is CC(NC1CCCCCCC1)c1ccc2ccccc2c1. The largest absolute Gasteiger partial charge is 0.307 e. The number of fused-ring (bicyclic) bond motifs is 1. The normalized spacial score (nSPS) is 19.1. The molecule has 0 amide bonds.